The molecule has 4 rings (SSSR count). The fourth-order valence-electron chi connectivity index (χ4n) is 4.03. The summed E-state index contributed by atoms with van der Waals surface area (Å²) in [7, 11) is 0. The normalized spacial score (nSPS) is 17.1. The minimum Gasteiger partial charge on any atom is -0.312 e. The second kappa shape index (κ2) is 8.98. The van der Waals surface area contributed by atoms with Crippen molar-refractivity contribution in [1.82, 2.24) is 10.2 Å². The minimum absolute atomic E-state index is 0.0142. The summed E-state index contributed by atoms with van der Waals surface area (Å²) in [5.74, 6) is 0.109. The van der Waals surface area contributed by atoms with Crippen LogP contribution in [0.3, 0.4) is 0 Å². The average Bonchev–Trinajstić information content (AvgIpc) is 3.34. The molecule has 1 N–H and O–H groups in total. The van der Waals surface area contributed by atoms with Crippen LogP contribution in [-0.4, -0.2) is 28.6 Å². The number of carbonyl (C=O) groups is 2. The van der Waals surface area contributed by atoms with Crippen LogP contribution < -0.4 is 10.2 Å². The van der Waals surface area contributed by atoms with E-state index >= 15 is 0 Å². The van der Waals surface area contributed by atoms with Gasteiger partial charge in [-0.15, -0.1) is 10.2 Å². The Morgan fingerprint density at radius 3 is 2.58 bits per heavy atom. The van der Waals surface area contributed by atoms with Gasteiger partial charge in [-0.25, -0.2) is 0 Å². The van der Waals surface area contributed by atoms with Crippen LogP contribution in [0.4, 0.5) is 10.8 Å². The van der Waals surface area contributed by atoms with Crippen LogP contribution in [0.15, 0.2) is 48.5 Å². The second-order valence-electron chi connectivity index (χ2n) is 8.26. The molecule has 7 heteroatoms. The van der Waals surface area contributed by atoms with Crippen molar-refractivity contribution >= 4 is 34.0 Å². The van der Waals surface area contributed by atoms with E-state index in [1.165, 1.54) is 11.3 Å². The molecule has 0 radical (unpaired) electrons. The number of hydrogen-bond donors (Lipinski definition) is 1. The summed E-state index contributed by atoms with van der Waals surface area (Å²) in [6.07, 6.45) is 0.780. The fraction of sp³-hybridized carbons (Fsp3) is 0.333. The lowest BCUT2D eigenvalue weighted by atomic mass is 9.98. The topological polar surface area (TPSA) is 75.2 Å². The van der Waals surface area contributed by atoms with E-state index in [1.54, 1.807) is 0 Å². The van der Waals surface area contributed by atoms with Gasteiger partial charge in [0.2, 0.25) is 16.9 Å². The number of nitrogens with one attached hydrogen (secondary N) is 1. The Hall–Kier alpha value is -3.06. The Bertz CT molecular complexity index is 1080. The Balaban J connectivity index is 1.38. The molecule has 1 aromatic heterocycles. The van der Waals surface area contributed by atoms with E-state index in [1.807, 2.05) is 68.1 Å². The van der Waals surface area contributed by atoms with Crippen molar-refractivity contribution in [2.75, 3.05) is 16.8 Å². The summed E-state index contributed by atoms with van der Waals surface area (Å²) in [6, 6.07) is 16.1. The van der Waals surface area contributed by atoms with Gasteiger partial charge in [-0.05, 0) is 48.6 Å². The molecule has 2 atom stereocenters. The number of aromatic nitrogens is 2. The van der Waals surface area contributed by atoms with Crippen molar-refractivity contribution in [2.45, 2.75) is 45.4 Å². The zero-order valence-electron chi connectivity index (χ0n) is 18.0. The van der Waals surface area contributed by atoms with Crippen molar-refractivity contribution < 1.29 is 9.59 Å². The number of amides is 2. The molecule has 2 heterocycles. The largest absolute Gasteiger partial charge is 0.312 e. The van der Waals surface area contributed by atoms with Gasteiger partial charge in [0, 0.05) is 31.0 Å². The summed E-state index contributed by atoms with van der Waals surface area (Å²) in [5, 5.41) is 12.5. The van der Waals surface area contributed by atoms with E-state index in [9.17, 15) is 9.59 Å². The zero-order chi connectivity index (χ0) is 22.0. The first-order valence-corrected chi connectivity index (χ1v) is 11.3. The number of carbonyl (C=O) groups excluding carboxylic acids is 2. The predicted molar refractivity (Wildman–Crippen MR) is 124 cm³/mol. The van der Waals surface area contributed by atoms with E-state index in [0.717, 1.165) is 27.4 Å². The monoisotopic (exact) mass is 434 g/mol. The first kappa shape index (κ1) is 21.2. The molecule has 1 saturated heterocycles. The molecular formula is C24H26N4O2S. The minimum atomic E-state index is -0.0848. The van der Waals surface area contributed by atoms with E-state index in [-0.39, 0.29) is 23.7 Å². The zero-order valence-corrected chi connectivity index (χ0v) is 18.8. The first-order chi connectivity index (χ1) is 14.9. The van der Waals surface area contributed by atoms with Gasteiger partial charge in [0.15, 0.2) is 0 Å². The molecule has 0 saturated carbocycles. The van der Waals surface area contributed by atoms with Crippen molar-refractivity contribution in [3.8, 4) is 0 Å². The number of aryl methyl sites for hydroxylation is 2. The smallest absolute Gasteiger partial charge is 0.227 e. The molecule has 1 aliphatic heterocycles. The number of anilines is 2. The molecule has 6 nitrogen and oxygen atoms in total. The van der Waals surface area contributed by atoms with Crippen molar-refractivity contribution in [1.29, 1.82) is 0 Å². The van der Waals surface area contributed by atoms with Crippen LogP contribution in [0.2, 0.25) is 0 Å². The van der Waals surface area contributed by atoms with Gasteiger partial charge < -0.3 is 10.2 Å². The quantitative estimate of drug-likeness (QED) is 0.604. The average molecular weight is 435 g/mol. The molecule has 160 valence electrons. The van der Waals surface area contributed by atoms with Crippen LogP contribution in [0.1, 0.15) is 53.3 Å². The molecule has 0 aliphatic carbocycles. The Labute approximate surface area is 186 Å². The Kier molecular flexibility index (Phi) is 6.13. The maximum Gasteiger partial charge on any atom is 0.227 e. The third kappa shape index (κ3) is 4.99. The lowest BCUT2D eigenvalue weighted by molar-refractivity contribution is -0.117. The number of hydrogen-bond acceptors (Lipinski definition) is 5. The lowest BCUT2D eigenvalue weighted by Crippen LogP contribution is -2.24. The summed E-state index contributed by atoms with van der Waals surface area (Å²) >= 11 is 1.35. The summed E-state index contributed by atoms with van der Waals surface area (Å²) in [4.78, 5) is 26.9. The third-order valence-corrected chi connectivity index (χ3v) is 6.54. The van der Waals surface area contributed by atoms with Gasteiger partial charge >= 0.3 is 0 Å². The van der Waals surface area contributed by atoms with Crippen LogP contribution in [0, 0.1) is 13.8 Å². The molecule has 2 amide bonds. The van der Waals surface area contributed by atoms with E-state index in [0.29, 0.717) is 24.5 Å². The van der Waals surface area contributed by atoms with Gasteiger partial charge in [0.1, 0.15) is 5.01 Å². The van der Waals surface area contributed by atoms with Gasteiger partial charge in [-0.1, -0.05) is 54.7 Å². The highest BCUT2D eigenvalue weighted by Crippen LogP contribution is 2.35. The SMILES string of the molecule is Cc1cc(C)cc(N2CC(c3nnc(NC(=O)CC(C)c4ccccc4)s3)CC2=O)c1. The van der Waals surface area contributed by atoms with E-state index < -0.39 is 0 Å². The molecule has 1 aliphatic rings. The first-order valence-electron chi connectivity index (χ1n) is 10.5. The van der Waals surface area contributed by atoms with E-state index in [4.69, 9.17) is 0 Å². The van der Waals surface area contributed by atoms with Crippen molar-refractivity contribution in [3.63, 3.8) is 0 Å². The Morgan fingerprint density at radius 1 is 1.16 bits per heavy atom. The Morgan fingerprint density at radius 2 is 1.87 bits per heavy atom. The van der Waals surface area contributed by atoms with Crippen LogP contribution >= 0.6 is 11.3 Å². The van der Waals surface area contributed by atoms with Gasteiger partial charge in [-0.2, -0.15) is 0 Å². The highest BCUT2D eigenvalue weighted by Gasteiger charge is 2.34. The van der Waals surface area contributed by atoms with Crippen LogP contribution in [0.25, 0.3) is 0 Å². The molecule has 2 aromatic carbocycles. The summed E-state index contributed by atoms with van der Waals surface area (Å²) in [5.41, 5.74) is 4.33. The predicted octanol–water partition coefficient (Wildman–Crippen LogP) is 4.81. The molecule has 31 heavy (non-hydrogen) atoms. The number of benzene rings is 2. The highest BCUT2D eigenvalue weighted by molar-refractivity contribution is 7.15. The number of rotatable bonds is 6. The lowest BCUT2D eigenvalue weighted by Gasteiger charge is -2.17. The molecular weight excluding hydrogens is 408 g/mol. The molecule has 2 unspecified atom stereocenters. The molecule has 0 bridgehead atoms. The second-order valence-corrected chi connectivity index (χ2v) is 9.27. The van der Waals surface area contributed by atoms with Gasteiger partial charge in [0.25, 0.3) is 0 Å². The number of nitrogens with zero attached hydrogens (tertiary/aromatic N) is 3. The van der Waals surface area contributed by atoms with Crippen molar-refractivity contribution in [3.05, 3.63) is 70.2 Å². The molecule has 3 aromatic rings. The highest BCUT2D eigenvalue weighted by atomic mass is 32.1. The van der Waals surface area contributed by atoms with Gasteiger partial charge in [0.05, 0.1) is 0 Å². The molecule has 0 spiro atoms. The maximum atomic E-state index is 12.6. The van der Waals surface area contributed by atoms with E-state index in [2.05, 4.69) is 21.6 Å². The van der Waals surface area contributed by atoms with Crippen LogP contribution in [0.5, 0.6) is 0 Å². The van der Waals surface area contributed by atoms with Crippen LogP contribution in [-0.2, 0) is 9.59 Å². The van der Waals surface area contributed by atoms with Gasteiger partial charge in [-0.3, -0.25) is 9.59 Å². The third-order valence-electron chi connectivity index (χ3n) is 5.54. The standard InChI is InChI=1S/C24H26N4O2S/c1-15-9-16(2)11-20(10-15)28-14-19(13-22(28)30)23-26-27-24(31-23)25-21(29)12-17(3)18-7-5-4-6-8-18/h4-11,17,19H,12-14H2,1-3H3,(H,25,27,29). The molecule has 1 fully saturated rings. The fourth-order valence-corrected chi connectivity index (χ4v) is 4.88. The van der Waals surface area contributed by atoms with Crippen molar-refractivity contribution in [2.24, 2.45) is 0 Å². The maximum absolute atomic E-state index is 12.6. The summed E-state index contributed by atoms with van der Waals surface area (Å²) in [6.45, 7) is 6.68. The summed E-state index contributed by atoms with van der Waals surface area (Å²) < 4.78 is 0.